The quantitative estimate of drug-likeness (QED) is 0.652. The number of fused-ring (bicyclic) bond motifs is 1. The van der Waals surface area contributed by atoms with Crippen LogP contribution in [0, 0.1) is 5.82 Å². The van der Waals surface area contributed by atoms with E-state index in [4.69, 9.17) is 11.6 Å². The second kappa shape index (κ2) is 3.79. The second-order valence-electron chi connectivity index (χ2n) is 2.95. The van der Waals surface area contributed by atoms with E-state index in [1.165, 1.54) is 23.9 Å². The Balaban J connectivity index is 2.88. The highest BCUT2D eigenvalue weighted by Crippen LogP contribution is 2.32. The van der Waals surface area contributed by atoms with E-state index in [-0.39, 0.29) is 5.82 Å². The van der Waals surface area contributed by atoms with Gasteiger partial charge in [0, 0.05) is 15.3 Å². The third kappa shape index (κ3) is 1.60. The van der Waals surface area contributed by atoms with Crippen molar-refractivity contribution < 1.29 is 4.39 Å². The van der Waals surface area contributed by atoms with Gasteiger partial charge in [-0.15, -0.1) is 11.8 Å². The molecule has 0 bridgehead atoms. The molecule has 2 rings (SSSR count). The van der Waals surface area contributed by atoms with Crippen molar-refractivity contribution in [3.8, 4) is 0 Å². The molecule has 0 saturated heterocycles. The largest absolute Gasteiger partial charge is 0.207 e. The fourth-order valence-electron chi connectivity index (χ4n) is 1.47. The molecule has 2 aromatic rings. The first-order chi connectivity index (χ1) is 6.72. The highest BCUT2D eigenvalue weighted by Gasteiger charge is 2.06. The first kappa shape index (κ1) is 9.81. The minimum absolute atomic E-state index is 0.218. The summed E-state index contributed by atoms with van der Waals surface area (Å²) in [5.74, 6) is -0.218. The smallest absolute Gasteiger partial charge is 0.124 e. The number of halogens is 2. The monoisotopic (exact) mass is 226 g/mol. The van der Waals surface area contributed by atoms with Gasteiger partial charge in [-0.2, -0.15) is 0 Å². The van der Waals surface area contributed by atoms with Gasteiger partial charge in [-0.05, 0) is 29.8 Å². The molecule has 0 aromatic heterocycles. The topological polar surface area (TPSA) is 0 Å². The average Bonchev–Trinajstić information content (AvgIpc) is 2.16. The van der Waals surface area contributed by atoms with Crippen molar-refractivity contribution in [1.82, 2.24) is 0 Å². The number of hydrogen-bond donors (Lipinski definition) is 0. The molecule has 0 amide bonds. The molecular formula is C11H8ClFS. The van der Waals surface area contributed by atoms with Crippen LogP contribution in [0.25, 0.3) is 10.8 Å². The molecule has 0 aliphatic heterocycles. The Hall–Kier alpha value is -0.730. The predicted octanol–water partition coefficient (Wildman–Crippen LogP) is 4.35. The molecule has 0 aliphatic carbocycles. The minimum Gasteiger partial charge on any atom is -0.207 e. The summed E-state index contributed by atoms with van der Waals surface area (Å²) in [7, 11) is 0. The van der Waals surface area contributed by atoms with Crippen LogP contribution in [0.4, 0.5) is 4.39 Å². The molecule has 3 heteroatoms. The van der Waals surface area contributed by atoms with Crippen LogP contribution in [0.15, 0.2) is 35.2 Å². The van der Waals surface area contributed by atoms with Crippen LogP contribution < -0.4 is 0 Å². The highest BCUT2D eigenvalue weighted by molar-refractivity contribution is 7.98. The zero-order valence-corrected chi connectivity index (χ0v) is 9.12. The fourth-order valence-corrected chi connectivity index (χ4v) is 2.47. The molecule has 2 aromatic carbocycles. The number of hydrogen-bond acceptors (Lipinski definition) is 1. The second-order valence-corrected chi connectivity index (χ2v) is 4.20. The number of thioether (sulfide) groups is 1. The zero-order chi connectivity index (χ0) is 10.1. The van der Waals surface area contributed by atoms with E-state index in [1.54, 1.807) is 0 Å². The number of benzene rings is 2. The van der Waals surface area contributed by atoms with Crippen molar-refractivity contribution >= 4 is 34.1 Å². The van der Waals surface area contributed by atoms with Crippen molar-refractivity contribution in [2.45, 2.75) is 4.90 Å². The molecule has 72 valence electrons. The van der Waals surface area contributed by atoms with E-state index in [1.807, 2.05) is 24.5 Å². The van der Waals surface area contributed by atoms with Gasteiger partial charge in [0.2, 0.25) is 0 Å². The molecule has 14 heavy (non-hydrogen) atoms. The van der Waals surface area contributed by atoms with Crippen molar-refractivity contribution in [2.24, 2.45) is 0 Å². The first-order valence-corrected chi connectivity index (χ1v) is 5.74. The van der Waals surface area contributed by atoms with Gasteiger partial charge in [-0.1, -0.05) is 23.7 Å². The van der Waals surface area contributed by atoms with Gasteiger partial charge in [0.1, 0.15) is 5.82 Å². The fraction of sp³-hybridized carbons (Fsp3) is 0.0909. The van der Waals surface area contributed by atoms with Crippen LogP contribution in [0.5, 0.6) is 0 Å². The van der Waals surface area contributed by atoms with Crippen LogP contribution in [0.3, 0.4) is 0 Å². The lowest BCUT2D eigenvalue weighted by Crippen LogP contribution is -1.82. The lowest BCUT2D eigenvalue weighted by Gasteiger charge is -2.05. The summed E-state index contributed by atoms with van der Waals surface area (Å²) in [6.45, 7) is 0. The van der Waals surface area contributed by atoms with Crippen molar-refractivity contribution in [2.75, 3.05) is 6.26 Å². The SMILES string of the molecule is CSc1cc(F)cc2cccc(Cl)c12. The van der Waals surface area contributed by atoms with E-state index in [0.29, 0.717) is 5.02 Å². The summed E-state index contributed by atoms with van der Waals surface area (Å²) in [5.41, 5.74) is 0. The molecule has 0 heterocycles. The zero-order valence-electron chi connectivity index (χ0n) is 7.55. The first-order valence-electron chi connectivity index (χ1n) is 4.14. The Morgan fingerprint density at radius 3 is 2.79 bits per heavy atom. The molecule has 0 fully saturated rings. The van der Waals surface area contributed by atoms with Gasteiger partial charge in [0.15, 0.2) is 0 Å². The third-order valence-corrected chi connectivity index (χ3v) is 3.15. The maximum atomic E-state index is 13.2. The Morgan fingerprint density at radius 1 is 1.29 bits per heavy atom. The van der Waals surface area contributed by atoms with Gasteiger partial charge in [-0.3, -0.25) is 0 Å². The summed E-state index contributed by atoms with van der Waals surface area (Å²) in [6.07, 6.45) is 1.91. The Bertz CT molecular complexity index is 482. The van der Waals surface area contributed by atoms with Gasteiger partial charge in [-0.25, -0.2) is 4.39 Å². The molecule has 0 unspecified atom stereocenters. The molecule has 0 N–H and O–H groups in total. The Kier molecular flexibility index (Phi) is 2.66. The van der Waals surface area contributed by atoms with Crippen LogP contribution in [0.1, 0.15) is 0 Å². The van der Waals surface area contributed by atoms with E-state index < -0.39 is 0 Å². The molecular weight excluding hydrogens is 219 g/mol. The van der Waals surface area contributed by atoms with Gasteiger partial charge < -0.3 is 0 Å². The van der Waals surface area contributed by atoms with E-state index in [0.717, 1.165) is 15.7 Å². The Morgan fingerprint density at radius 2 is 2.07 bits per heavy atom. The standard InChI is InChI=1S/C11H8ClFS/c1-14-10-6-8(13)5-7-3-2-4-9(12)11(7)10/h2-6H,1H3. The van der Waals surface area contributed by atoms with Crippen LogP contribution in [-0.4, -0.2) is 6.26 Å². The minimum atomic E-state index is -0.218. The van der Waals surface area contributed by atoms with Crippen LogP contribution in [0.2, 0.25) is 5.02 Å². The highest BCUT2D eigenvalue weighted by atomic mass is 35.5. The maximum absolute atomic E-state index is 13.2. The van der Waals surface area contributed by atoms with Crippen molar-refractivity contribution in [3.63, 3.8) is 0 Å². The third-order valence-electron chi connectivity index (χ3n) is 2.07. The van der Waals surface area contributed by atoms with Gasteiger partial charge >= 0.3 is 0 Å². The van der Waals surface area contributed by atoms with Crippen LogP contribution >= 0.6 is 23.4 Å². The molecule has 0 nitrogen and oxygen atoms in total. The van der Waals surface area contributed by atoms with E-state index in [2.05, 4.69) is 0 Å². The van der Waals surface area contributed by atoms with Crippen LogP contribution in [-0.2, 0) is 0 Å². The lowest BCUT2D eigenvalue weighted by molar-refractivity contribution is 0.626. The molecule has 0 atom stereocenters. The molecule has 0 aliphatic rings. The normalized spacial score (nSPS) is 10.8. The Labute approximate surface area is 91.1 Å². The summed E-state index contributed by atoms with van der Waals surface area (Å²) in [4.78, 5) is 0.880. The summed E-state index contributed by atoms with van der Waals surface area (Å²) in [5, 5.41) is 2.46. The average molecular weight is 227 g/mol. The molecule has 0 radical (unpaired) electrons. The summed E-state index contributed by atoms with van der Waals surface area (Å²) in [6, 6.07) is 8.53. The van der Waals surface area contributed by atoms with Gasteiger partial charge in [0.05, 0.1) is 0 Å². The summed E-state index contributed by atoms with van der Waals surface area (Å²) >= 11 is 7.56. The van der Waals surface area contributed by atoms with E-state index in [9.17, 15) is 4.39 Å². The summed E-state index contributed by atoms with van der Waals surface area (Å²) < 4.78 is 13.2. The maximum Gasteiger partial charge on any atom is 0.124 e. The predicted molar refractivity (Wildman–Crippen MR) is 60.7 cm³/mol. The molecule has 0 saturated carbocycles. The number of rotatable bonds is 1. The lowest BCUT2D eigenvalue weighted by atomic mass is 10.1. The van der Waals surface area contributed by atoms with E-state index >= 15 is 0 Å². The van der Waals surface area contributed by atoms with Gasteiger partial charge in [0.25, 0.3) is 0 Å². The molecule has 0 spiro atoms. The van der Waals surface area contributed by atoms with Crippen molar-refractivity contribution in [1.29, 1.82) is 0 Å². The van der Waals surface area contributed by atoms with Crippen molar-refractivity contribution in [3.05, 3.63) is 41.2 Å².